The number of benzene rings is 1. The van der Waals surface area contributed by atoms with E-state index in [2.05, 4.69) is 5.32 Å². The van der Waals surface area contributed by atoms with Crippen LogP contribution >= 0.6 is 0 Å². The van der Waals surface area contributed by atoms with Crippen LogP contribution in [0.25, 0.3) is 0 Å². The maximum Gasteiger partial charge on any atom is 0.222 e. The minimum atomic E-state index is -0.244. The van der Waals surface area contributed by atoms with Crippen molar-refractivity contribution in [3.63, 3.8) is 0 Å². The van der Waals surface area contributed by atoms with Crippen molar-refractivity contribution in [3.8, 4) is 0 Å². The number of nitrogens with two attached hydrogens (primary N) is 1. The fourth-order valence-corrected chi connectivity index (χ4v) is 1.97. The molecule has 1 atom stereocenters. The molecule has 1 aromatic rings. The molecule has 0 fully saturated rings. The number of anilines is 1. The number of methoxy groups -OCH3 is 1. The summed E-state index contributed by atoms with van der Waals surface area (Å²) in [5.41, 5.74) is 6.02. The van der Waals surface area contributed by atoms with Crippen LogP contribution in [-0.4, -0.2) is 45.8 Å². The molecule has 0 spiro atoms. The Hall–Kier alpha value is -1.66. The largest absolute Gasteiger partial charge is 0.380 e. The summed E-state index contributed by atoms with van der Waals surface area (Å²) in [6.07, 6.45) is 0.749. The predicted octanol–water partition coefficient (Wildman–Crippen LogP) is 1.13. The minimum Gasteiger partial charge on any atom is -0.380 e. The van der Waals surface area contributed by atoms with Crippen LogP contribution in [0.15, 0.2) is 24.3 Å². The molecule has 0 aliphatic rings. The maximum atomic E-state index is 13.6. The van der Waals surface area contributed by atoms with Crippen LogP contribution in [0.2, 0.25) is 0 Å². The van der Waals surface area contributed by atoms with Gasteiger partial charge in [-0.15, -0.1) is 0 Å². The highest BCUT2D eigenvalue weighted by atomic mass is 19.1. The third-order valence-corrected chi connectivity index (χ3v) is 3.27. The van der Waals surface area contributed by atoms with Gasteiger partial charge in [-0.05, 0) is 18.6 Å². The summed E-state index contributed by atoms with van der Waals surface area (Å²) in [7, 11) is 3.36. The Labute approximate surface area is 125 Å². The van der Waals surface area contributed by atoms with Gasteiger partial charge in [0.15, 0.2) is 0 Å². The second kappa shape index (κ2) is 9.31. The Bertz CT molecular complexity index is 439. The van der Waals surface area contributed by atoms with E-state index >= 15 is 0 Å². The molecule has 6 heteroatoms. The van der Waals surface area contributed by atoms with Gasteiger partial charge < -0.3 is 20.7 Å². The summed E-state index contributed by atoms with van der Waals surface area (Å²) in [6, 6.07) is 6.63. The van der Waals surface area contributed by atoms with Gasteiger partial charge in [0.05, 0.1) is 18.2 Å². The normalized spacial score (nSPS) is 12.0. The van der Waals surface area contributed by atoms with Crippen LogP contribution < -0.4 is 16.0 Å². The molecular weight excluding hydrogens is 273 g/mol. The van der Waals surface area contributed by atoms with E-state index < -0.39 is 0 Å². The van der Waals surface area contributed by atoms with Gasteiger partial charge in [0.25, 0.3) is 0 Å². The number of rotatable bonds is 9. The fourth-order valence-electron chi connectivity index (χ4n) is 1.97. The molecule has 5 nitrogen and oxygen atoms in total. The number of hydrogen-bond donors (Lipinski definition) is 2. The number of carbonyl (C=O) groups is 1. The zero-order valence-electron chi connectivity index (χ0n) is 12.6. The first-order chi connectivity index (χ1) is 10.1. The van der Waals surface area contributed by atoms with Gasteiger partial charge in [0.2, 0.25) is 5.91 Å². The van der Waals surface area contributed by atoms with Gasteiger partial charge in [-0.3, -0.25) is 4.79 Å². The fraction of sp³-hybridized carbons (Fsp3) is 0.533. The molecule has 0 heterocycles. The SMILES string of the molecule is COC(CN)CC(=O)NCCCN(C)c1ccccc1F. The number of halogens is 1. The van der Waals surface area contributed by atoms with E-state index in [9.17, 15) is 9.18 Å². The smallest absolute Gasteiger partial charge is 0.222 e. The number of amides is 1. The highest BCUT2D eigenvalue weighted by molar-refractivity contribution is 5.76. The molecule has 1 amide bonds. The van der Waals surface area contributed by atoms with Crippen molar-refractivity contribution in [2.24, 2.45) is 5.73 Å². The highest BCUT2D eigenvalue weighted by Gasteiger charge is 2.11. The number of nitrogens with zero attached hydrogens (tertiary/aromatic N) is 1. The van der Waals surface area contributed by atoms with E-state index in [1.54, 1.807) is 18.2 Å². The lowest BCUT2D eigenvalue weighted by Gasteiger charge is -2.20. The first kappa shape index (κ1) is 17.4. The van der Waals surface area contributed by atoms with Crippen LogP contribution in [0.3, 0.4) is 0 Å². The Morgan fingerprint density at radius 1 is 1.48 bits per heavy atom. The van der Waals surface area contributed by atoms with Crippen molar-refractivity contribution in [1.82, 2.24) is 5.32 Å². The number of nitrogens with one attached hydrogen (secondary N) is 1. The zero-order chi connectivity index (χ0) is 15.7. The van der Waals surface area contributed by atoms with Crippen molar-refractivity contribution < 1.29 is 13.9 Å². The van der Waals surface area contributed by atoms with Gasteiger partial charge >= 0.3 is 0 Å². The minimum absolute atomic E-state index is 0.0826. The average Bonchev–Trinajstić information content (AvgIpc) is 2.49. The second-order valence-corrected chi connectivity index (χ2v) is 4.87. The topological polar surface area (TPSA) is 67.6 Å². The molecule has 3 N–H and O–H groups in total. The number of ether oxygens (including phenoxy) is 1. The van der Waals surface area contributed by atoms with E-state index in [0.717, 1.165) is 6.42 Å². The van der Waals surface area contributed by atoms with E-state index in [1.165, 1.54) is 13.2 Å². The monoisotopic (exact) mass is 297 g/mol. The number of carbonyl (C=O) groups excluding carboxylic acids is 1. The van der Waals surface area contributed by atoms with E-state index in [1.807, 2.05) is 11.9 Å². The molecule has 0 aromatic heterocycles. The van der Waals surface area contributed by atoms with Crippen LogP contribution in [0.5, 0.6) is 0 Å². The molecule has 0 aliphatic heterocycles. The molecule has 1 unspecified atom stereocenters. The standard InChI is InChI=1S/C15H24FN3O2/c1-19(14-7-4-3-6-13(14)16)9-5-8-18-15(20)10-12(11-17)21-2/h3-4,6-7,12H,5,8-11,17H2,1-2H3,(H,18,20). The zero-order valence-corrected chi connectivity index (χ0v) is 12.6. The van der Waals surface area contributed by atoms with Gasteiger partial charge in [-0.25, -0.2) is 4.39 Å². The van der Waals surface area contributed by atoms with Crippen LogP contribution in [0, 0.1) is 5.82 Å². The summed E-state index contributed by atoms with van der Waals surface area (Å²) in [4.78, 5) is 13.5. The molecule has 0 saturated heterocycles. The van der Waals surface area contributed by atoms with Gasteiger partial charge in [0.1, 0.15) is 5.82 Å². The van der Waals surface area contributed by atoms with E-state index in [0.29, 0.717) is 25.3 Å². The Morgan fingerprint density at radius 3 is 2.81 bits per heavy atom. The lowest BCUT2D eigenvalue weighted by Crippen LogP contribution is -2.33. The van der Waals surface area contributed by atoms with Gasteiger partial charge in [0, 0.05) is 33.8 Å². The maximum absolute atomic E-state index is 13.6. The second-order valence-electron chi connectivity index (χ2n) is 4.87. The van der Waals surface area contributed by atoms with Crippen molar-refractivity contribution >= 4 is 11.6 Å². The molecule has 0 radical (unpaired) electrons. The quantitative estimate of drug-likeness (QED) is 0.671. The molecule has 1 aromatic carbocycles. The summed E-state index contributed by atoms with van der Waals surface area (Å²) in [5, 5.41) is 2.81. The average molecular weight is 297 g/mol. The van der Waals surface area contributed by atoms with Crippen LogP contribution in [-0.2, 0) is 9.53 Å². The number of hydrogen-bond acceptors (Lipinski definition) is 4. The van der Waals surface area contributed by atoms with Crippen molar-refractivity contribution in [2.45, 2.75) is 18.9 Å². The Morgan fingerprint density at radius 2 is 2.19 bits per heavy atom. The van der Waals surface area contributed by atoms with E-state index in [-0.39, 0.29) is 24.2 Å². The van der Waals surface area contributed by atoms with Crippen molar-refractivity contribution in [1.29, 1.82) is 0 Å². The van der Waals surface area contributed by atoms with Crippen molar-refractivity contribution in [2.75, 3.05) is 38.7 Å². The summed E-state index contributed by atoms with van der Waals surface area (Å²) in [6.45, 7) is 1.52. The first-order valence-electron chi connectivity index (χ1n) is 7.03. The summed E-state index contributed by atoms with van der Waals surface area (Å²) >= 11 is 0. The predicted molar refractivity (Wildman–Crippen MR) is 81.8 cm³/mol. The third-order valence-electron chi connectivity index (χ3n) is 3.27. The lowest BCUT2D eigenvalue weighted by atomic mass is 10.2. The van der Waals surface area contributed by atoms with Crippen LogP contribution in [0.1, 0.15) is 12.8 Å². The molecule has 21 heavy (non-hydrogen) atoms. The molecular formula is C15H24FN3O2. The molecule has 0 saturated carbocycles. The van der Waals surface area contributed by atoms with E-state index in [4.69, 9.17) is 10.5 Å². The van der Waals surface area contributed by atoms with Gasteiger partial charge in [-0.1, -0.05) is 12.1 Å². The molecule has 0 bridgehead atoms. The number of para-hydroxylation sites is 1. The highest BCUT2D eigenvalue weighted by Crippen LogP contribution is 2.16. The Balaban J connectivity index is 2.25. The third kappa shape index (κ3) is 6.10. The van der Waals surface area contributed by atoms with Crippen LogP contribution in [0.4, 0.5) is 10.1 Å². The van der Waals surface area contributed by atoms with Gasteiger partial charge in [-0.2, -0.15) is 0 Å². The molecule has 0 aliphatic carbocycles. The summed E-state index contributed by atoms with van der Waals surface area (Å²) < 4.78 is 18.6. The molecule has 1 rings (SSSR count). The summed E-state index contributed by atoms with van der Waals surface area (Å²) in [5.74, 6) is -0.323. The van der Waals surface area contributed by atoms with Crippen molar-refractivity contribution in [3.05, 3.63) is 30.1 Å². The Kier molecular flexibility index (Phi) is 7.71. The molecule has 118 valence electrons. The lowest BCUT2D eigenvalue weighted by molar-refractivity contribution is -0.123. The first-order valence-corrected chi connectivity index (χ1v) is 7.03.